The topological polar surface area (TPSA) is 72.6 Å². The van der Waals surface area contributed by atoms with Gasteiger partial charge in [0.2, 0.25) is 0 Å². The smallest absolute Gasteiger partial charge is 0.405 e. The van der Waals surface area contributed by atoms with Gasteiger partial charge in [0.15, 0.2) is 0 Å². The summed E-state index contributed by atoms with van der Waals surface area (Å²) in [6.07, 6.45) is 0.531. The third-order valence-corrected chi connectivity index (χ3v) is 3.09. The van der Waals surface area contributed by atoms with Crippen molar-refractivity contribution in [1.29, 1.82) is 0 Å². The van der Waals surface area contributed by atoms with Gasteiger partial charge in [-0.3, -0.25) is 0 Å². The molecule has 5 heteroatoms. The van der Waals surface area contributed by atoms with Gasteiger partial charge in [0.1, 0.15) is 11.8 Å². The van der Waals surface area contributed by atoms with Crippen molar-refractivity contribution in [3.63, 3.8) is 0 Å². The Bertz CT molecular complexity index is 237. The van der Waals surface area contributed by atoms with Gasteiger partial charge in [-0.15, -0.1) is 0 Å². The number of unbranched alkanes of at least 4 members (excludes halogenated alkanes) is 1. The molecule has 0 aliphatic heterocycles. The van der Waals surface area contributed by atoms with Crippen molar-refractivity contribution >= 4 is 6.09 Å². The Morgan fingerprint density at radius 1 is 1.73 bits per heavy atom. The Morgan fingerprint density at radius 3 is 2.80 bits per heavy atom. The van der Waals surface area contributed by atoms with Crippen LogP contribution in [0, 0.1) is 5.92 Å². The molecule has 0 saturated heterocycles. The van der Waals surface area contributed by atoms with Crippen LogP contribution < -0.4 is 5.73 Å². The maximum Gasteiger partial charge on any atom is 0.405 e. The molecule has 1 fully saturated rings. The average Bonchev–Trinajstić information content (AvgIpc) is 2.16. The van der Waals surface area contributed by atoms with Crippen molar-refractivity contribution in [2.45, 2.75) is 44.4 Å². The molecular formula is C10H18FNO3. The summed E-state index contributed by atoms with van der Waals surface area (Å²) >= 11 is 0. The molecule has 1 aliphatic rings. The molecule has 0 heterocycles. The standard InChI is InChI=1S/C10H18FNO3/c1-2-3-4-7-8(11)5-10(7,6-13)15-9(12)14/h7-8,13H,2-6H2,1H3,(H2,12,14). The van der Waals surface area contributed by atoms with Crippen LogP contribution in [0.3, 0.4) is 0 Å². The van der Waals surface area contributed by atoms with Crippen molar-refractivity contribution in [3.05, 3.63) is 0 Å². The van der Waals surface area contributed by atoms with Crippen molar-refractivity contribution in [2.75, 3.05) is 6.61 Å². The highest BCUT2D eigenvalue weighted by Gasteiger charge is 2.56. The maximum atomic E-state index is 13.3. The zero-order chi connectivity index (χ0) is 11.5. The fourth-order valence-corrected chi connectivity index (χ4v) is 2.19. The van der Waals surface area contributed by atoms with Crippen molar-refractivity contribution < 1.29 is 19.0 Å². The van der Waals surface area contributed by atoms with Crippen molar-refractivity contribution in [3.8, 4) is 0 Å². The molecule has 3 unspecified atom stereocenters. The first-order valence-electron chi connectivity index (χ1n) is 5.29. The highest BCUT2D eigenvalue weighted by molar-refractivity contribution is 5.65. The van der Waals surface area contributed by atoms with E-state index in [1.54, 1.807) is 0 Å². The van der Waals surface area contributed by atoms with Crippen LogP contribution >= 0.6 is 0 Å². The van der Waals surface area contributed by atoms with Crippen LogP contribution in [0.25, 0.3) is 0 Å². The van der Waals surface area contributed by atoms with E-state index in [2.05, 4.69) is 0 Å². The maximum absolute atomic E-state index is 13.3. The number of alkyl halides is 1. The molecule has 1 saturated carbocycles. The lowest BCUT2D eigenvalue weighted by Gasteiger charge is -2.49. The number of ether oxygens (including phenoxy) is 1. The van der Waals surface area contributed by atoms with Gasteiger partial charge in [0, 0.05) is 12.3 Å². The summed E-state index contributed by atoms with van der Waals surface area (Å²) in [5.74, 6) is -0.407. The second kappa shape index (κ2) is 4.79. The van der Waals surface area contributed by atoms with Crippen LogP contribution in [0.15, 0.2) is 0 Å². The van der Waals surface area contributed by atoms with E-state index >= 15 is 0 Å². The molecule has 1 amide bonds. The molecule has 0 radical (unpaired) electrons. The summed E-state index contributed by atoms with van der Waals surface area (Å²) in [6, 6.07) is 0. The number of hydrogen-bond donors (Lipinski definition) is 2. The molecule has 0 spiro atoms. The van der Waals surface area contributed by atoms with E-state index in [0.29, 0.717) is 6.42 Å². The first kappa shape index (κ1) is 12.2. The first-order chi connectivity index (χ1) is 7.05. The van der Waals surface area contributed by atoms with Gasteiger partial charge >= 0.3 is 6.09 Å². The first-order valence-corrected chi connectivity index (χ1v) is 5.29. The lowest BCUT2D eigenvalue weighted by molar-refractivity contribution is -0.171. The van der Waals surface area contributed by atoms with Gasteiger partial charge in [-0.1, -0.05) is 19.8 Å². The predicted octanol–water partition coefficient (Wildman–Crippen LogP) is 1.36. The number of halogens is 1. The molecule has 0 bridgehead atoms. The second-order valence-corrected chi connectivity index (χ2v) is 4.11. The Balaban J connectivity index is 2.60. The molecule has 15 heavy (non-hydrogen) atoms. The summed E-state index contributed by atoms with van der Waals surface area (Å²) in [5.41, 5.74) is 3.84. The monoisotopic (exact) mass is 219 g/mol. The molecule has 3 N–H and O–H groups in total. The molecule has 1 aliphatic carbocycles. The van der Waals surface area contributed by atoms with Gasteiger partial charge in [0.05, 0.1) is 6.61 Å². The number of carbonyl (C=O) groups is 1. The predicted molar refractivity (Wildman–Crippen MR) is 53.0 cm³/mol. The van der Waals surface area contributed by atoms with Crippen LogP contribution in [-0.4, -0.2) is 29.6 Å². The van der Waals surface area contributed by atoms with Gasteiger partial charge in [-0.25, -0.2) is 9.18 Å². The molecule has 0 aromatic rings. The number of primary amides is 1. The number of nitrogens with two attached hydrogens (primary N) is 1. The van der Waals surface area contributed by atoms with E-state index in [0.717, 1.165) is 12.8 Å². The molecule has 1 rings (SSSR count). The third kappa shape index (κ3) is 2.40. The van der Waals surface area contributed by atoms with E-state index in [4.69, 9.17) is 10.5 Å². The lowest BCUT2D eigenvalue weighted by Crippen LogP contribution is -2.61. The Labute approximate surface area is 88.6 Å². The minimum Gasteiger partial charge on any atom is -0.440 e. The number of aliphatic hydroxyl groups excluding tert-OH is 1. The van der Waals surface area contributed by atoms with E-state index in [9.17, 15) is 14.3 Å². The van der Waals surface area contributed by atoms with E-state index in [1.807, 2.05) is 6.92 Å². The van der Waals surface area contributed by atoms with Crippen molar-refractivity contribution in [1.82, 2.24) is 0 Å². The number of amides is 1. The van der Waals surface area contributed by atoms with E-state index in [-0.39, 0.29) is 13.0 Å². The largest absolute Gasteiger partial charge is 0.440 e. The molecule has 88 valence electrons. The third-order valence-electron chi connectivity index (χ3n) is 3.09. The number of hydrogen-bond acceptors (Lipinski definition) is 3. The van der Waals surface area contributed by atoms with Crippen molar-refractivity contribution in [2.24, 2.45) is 11.7 Å². The van der Waals surface area contributed by atoms with E-state index < -0.39 is 23.8 Å². The summed E-state index contributed by atoms with van der Waals surface area (Å²) in [6.45, 7) is 1.65. The van der Waals surface area contributed by atoms with Gasteiger partial charge in [0.25, 0.3) is 0 Å². The van der Waals surface area contributed by atoms with Crippen LogP contribution in [0.1, 0.15) is 32.6 Å². The molecular weight excluding hydrogens is 201 g/mol. The zero-order valence-corrected chi connectivity index (χ0v) is 8.91. The average molecular weight is 219 g/mol. The summed E-state index contributed by atoms with van der Waals surface area (Å²) < 4.78 is 18.1. The van der Waals surface area contributed by atoms with E-state index in [1.165, 1.54) is 0 Å². The van der Waals surface area contributed by atoms with Crippen LogP contribution in [0.5, 0.6) is 0 Å². The minimum atomic E-state index is -1.07. The number of rotatable bonds is 5. The quantitative estimate of drug-likeness (QED) is 0.733. The Hall–Kier alpha value is -0.840. The second-order valence-electron chi connectivity index (χ2n) is 4.11. The summed E-state index contributed by atoms with van der Waals surface area (Å²) in [5, 5.41) is 9.17. The minimum absolute atomic E-state index is 0.0564. The Morgan fingerprint density at radius 2 is 2.40 bits per heavy atom. The fraction of sp³-hybridized carbons (Fsp3) is 0.900. The summed E-state index contributed by atoms with van der Waals surface area (Å²) in [7, 11) is 0. The molecule has 0 aromatic carbocycles. The molecule has 3 atom stereocenters. The SMILES string of the molecule is CCCCC1C(F)CC1(CO)OC(N)=O. The van der Waals surface area contributed by atoms with Gasteiger partial charge < -0.3 is 15.6 Å². The Kier molecular flexibility index (Phi) is 3.90. The number of aliphatic hydroxyl groups is 1. The zero-order valence-electron chi connectivity index (χ0n) is 8.91. The highest BCUT2D eigenvalue weighted by atomic mass is 19.1. The van der Waals surface area contributed by atoms with Gasteiger partial charge in [-0.05, 0) is 6.42 Å². The highest BCUT2D eigenvalue weighted by Crippen LogP contribution is 2.46. The normalized spacial score (nSPS) is 34.6. The molecule has 4 nitrogen and oxygen atoms in total. The summed E-state index contributed by atoms with van der Waals surface area (Å²) in [4.78, 5) is 10.7. The fourth-order valence-electron chi connectivity index (χ4n) is 2.19. The lowest BCUT2D eigenvalue weighted by atomic mass is 9.66. The molecule has 0 aromatic heterocycles. The van der Waals surface area contributed by atoms with Crippen LogP contribution in [0.2, 0.25) is 0 Å². The van der Waals surface area contributed by atoms with Crippen LogP contribution in [0.4, 0.5) is 9.18 Å². The van der Waals surface area contributed by atoms with Crippen LogP contribution in [-0.2, 0) is 4.74 Å². The van der Waals surface area contributed by atoms with Gasteiger partial charge in [-0.2, -0.15) is 0 Å². The number of carbonyl (C=O) groups excluding carboxylic acids is 1.